The van der Waals surface area contributed by atoms with Crippen LogP contribution in [0.5, 0.6) is 5.75 Å². The van der Waals surface area contributed by atoms with Crippen molar-refractivity contribution in [2.24, 2.45) is 0 Å². The second kappa shape index (κ2) is 9.01. The fourth-order valence-electron chi connectivity index (χ4n) is 4.36. The van der Waals surface area contributed by atoms with Gasteiger partial charge in [-0.25, -0.2) is 18.9 Å². The smallest absolute Gasteiger partial charge is 0.407 e. The Kier molecular flexibility index (Phi) is 5.75. The number of hydrogen-bond donors (Lipinski definition) is 1. The van der Waals surface area contributed by atoms with Gasteiger partial charge in [0, 0.05) is 37.9 Å². The van der Waals surface area contributed by atoms with Crippen LogP contribution in [0, 0.1) is 5.82 Å². The standard InChI is InChI=1S/C25H24FN5O3/c1-34-20-7-5-17(6-8-20)16-31-24-22(15-28-31)23(29-9-11-30(12-10-29)25(32)33)21(14-27-24)18-3-2-4-19(26)13-18/h2-8,13-15H,9-12,16H2,1H3,(H,32,33). The molecule has 3 heterocycles. The van der Waals surface area contributed by atoms with E-state index in [0.29, 0.717) is 43.9 Å². The second-order valence-corrected chi connectivity index (χ2v) is 8.18. The van der Waals surface area contributed by atoms with Crippen molar-refractivity contribution in [1.29, 1.82) is 0 Å². The van der Waals surface area contributed by atoms with Gasteiger partial charge in [0.05, 0.1) is 30.9 Å². The lowest BCUT2D eigenvalue weighted by molar-refractivity contribution is 0.142. The van der Waals surface area contributed by atoms with Crippen molar-refractivity contribution in [2.75, 3.05) is 38.2 Å². The number of nitrogens with zero attached hydrogens (tertiary/aromatic N) is 5. The number of anilines is 1. The molecule has 2 aromatic heterocycles. The molecule has 0 saturated carbocycles. The van der Waals surface area contributed by atoms with Gasteiger partial charge in [-0.1, -0.05) is 24.3 Å². The predicted octanol–water partition coefficient (Wildman–Crippen LogP) is 4.09. The quantitative estimate of drug-likeness (QED) is 0.482. The van der Waals surface area contributed by atoms with Crippen molar-refractivity contribution in [2.45, 2.75) is 6.54 Å². The fourth-order valence-corrected chi connectivity index (χ4v) is 4.36. The van der Waals surface area contributed by atoms with Gasteiger partial charge < -0.3 is 19.6 Å². The lowest BCUT2D eigenvalue weighted by Crippen LogP contribution is -2.48. The molecule has 34 heavy (non-hydrogen) atoms. The first-order valence-electron chi connectivity index (χ1n) is 11.0. The lowest BCUT2D eigenvalue weighted by atomic mass is 10.0. The molecule has 9 heteroatoms. The molecule has 1 fully saturated rings. The number of carboxylic acid groups (broad SMARTS) is 1. The van der Waals surface area contributed by atoms with E-state index in [1.54, 1.807) is 25.6 Å². The van der Waals surface area contributed by atoms with Gasteiger partial charge in [0.1, 0.15) is 11.6 Å². The van der Waals surface area contributed by atoms with Crippen LogP contribution in [0.25, 0.3) is 22.2 Å². The second-order valence-electron chi connectivity index (χ2n) is 8.18. The summed E-state index contributed by atoms with van der Waals surface area (Å²) in [6, 6.07) is 14.2. The van der Waals surface area contributed by atoms with Gasteiger partial charge in [0.2, 0.25) is 0 Å². The topological polar surface area (TPSA) is 83.7 Å². The van der Waals surface area contributed by atoms with Crippen molar-refractivity contribution >= 4 is 22.8 Å². The van der Waals surface area contributed by atoms with Crippen molar-refractivity contribution in [3.05, 3.63) is 72.3 Å². The van der Waals surface area contributed by atoms with Crippen molar-refractivity contribution in [3.63, 3.8) is 0 Å². The number of pyridine rings is 1. The van der Waals surface area contributed by atoms with Crippen LogP contribution < -0.4 is 9.64 Å². The molecule has 8 nitrogen and oxygen atoms in total. The third-order valence-electron chi connectivity index (χ3n) is 6.13. The minimum atomic E-state index is -0.919. The fraction of sp³-hybridized carbons (Fsp3) is 0.240. The zero-order valence-corrected chi connectivity index (χ0v) is 18.7. The molecule has 0 bridgehead atoms. The van der Waals surface area contributed by atoms with Crippen molar-refractivity contribution in [1.82, 2.24) is 19.7 Å². The number of carbonyl (C=O) groups is 1. The molecule has 0 atom stereocenters. The van der Waals surface area contributed by atoms with E-state index in [1.807, 2.05) is 35.0 Å². The van der Waals surface area contributed by atoms with Crippen LogP contribution in [-0.2, 0) is 6.54 Å². The highest BCUT2D eigenvalue weighted by Gasteiger charge is 2.25. The number of amides is 1. The number of fused-ring (bicyclic) bond motifs is 1. The summed E-state index contributed by atoms with van der Waals surface area (Å²) in [7, 11) is 1.63. The van der Waals surface area contributed by atoms with Gasteiger partial charge in [-0.15, -0.1) is 0 Å². The number of hydrogen-bond acceptors (Lipinski definition) is 5. The third kappa shape index (κ3) is 4.12. The van der Waals surface area contributed by atoms with Crippen LogP contribution in [-0.4, -0.2) is 64.2 Å². The molecule has 1 saturated heterocycles. The maximum absolute atomic E-state index is 14.0. The minimum absolute atomic E-state index is 0.325. The molecule has 174 valence electrons. The Balaban J connectivity index is 1.57. The molecule has 1 amide bonds. The monoisotopic (exact) mass is 461 g/mol. The van der Waals surface area contributed by atoms with E-state index < -0.39 is 6.09 Å². The largest absolute Gasteiger partial charge is 0.497 e. The van der Waals surface area contributed by atoms with Crippen LogP contribution in [0.4, 0.5) is 14.9 Å². The van der Waals surface area contributed by atoms with E-state index >= 15 is 0 Å². The third-order valence-corrected chi connectivity index (χ3v) is 6.13. The maximum atomic E-state index is 14.0. The molecule has 2 aromatic carbocycles. The van der Waals surface area contributed by atoms with Crippen LogP contribution in [0.1, 0.15) is 5.56 Å². The summed E-state index contributed by atoms with van der Waals surface area (Å²) >= 11 is 0. The Labute approximate surface area is 195 Å². The Hall–Kier alpha value is -4.14. The summed E-state index contributed by atoms with van der Waals surface area (Å²) in [4.78, 5) is 19.6. The number of ether oxygens (including phenoxy) is 1. The SMILES string of the molecule is COc1ccc(Cn2ncc3c(N4CCN(C(=O)O)CC4)c(-c4cccc(F)c4)cnc32)cc1. The Morgan fingerprint density at radius 1 is 1.09 bits per heavy atom. The van der Waals surface area contributed by atoms with Gasteiger partial charge >= 0.3 is 6.09 Å². The van der Waals surface area contributed by atoms with Crippen LogP contribution in [0.2, 0.25) is 0 Å². The number of aromatic nitrogens is 3. The zero-order valence-electron chi connectivity index (χ0n) is 18.7. The molecule has 0 radical (unpaired) electrons. The summed E-state index contributed by atoms with van der Waals surface area (Å²) in [5, 5.41) is 14.8. The van der Waals surface area contributed by atoms with Crippen LogP contribution in [0.15, 0.2) is 60.9 Å². The first-order valence-corrected chi connectivity index (χ1v) is 11.0. The van der Waals surface area contributed by atoms with Gasteiger partial charge in [-0.05, 0) is 35.4 Å². The molecule has 1 N–H and O–H groups in total. The average Bonchev–Trinajstić information content (AvgIpc) is 3.26. The number of piperazine rings is 1. The molecule has 0 aliphatic carbocycles. The Bertz CT molecular complexity index is 1330. The van der Waals surface area contributed by atoms with Gasteiger partial charge in [0.15, 0.2) is 5.65 Å². The first-order chi connectivity index (χ1) is 16.5. The van der Waals surface area contributed by atoms with E-state index in [1.165, 1.54) is 17.0 Å². The van der Waals surface area contributed by atoms with Crippen LogP contribution in [0.3, 0.4) is 0 Å². The lowest BCUT2D eigenvalue weighted by Gasteiger charge is -2.36. The summed E-state index contributed by atoms with van der Waals surface area (Å²) in [5.41, 5.74) is 4.17. The van der Waals surface area contributed by atoms with E-state index in [0.717, 1.165) is 28.0 Å². The number of rotatable bonds is 5. The molecular weight excluding hydrogens is 437 g/mol. The van der Waals surface area contributed by atoms with Gasteiger partial charge in [-0.3, -0.25) is 0 Å². The van der Waals surface area contributed by atoms with E-state index in [2.05, 4.69) is 10.00 Å². The molecule has 1 aliphatic heterocycles. The first kappa shape index (κ1) is 21.7. The molecule has 0 unspecified atom stereocenters. The van der Waals surface area contributed by atoms with E-state index in [9.17, 15) is 14.3 Å². The summed E-state index contributed by atoms with van der Waals surface area (Å²) < 4.78 is 21.1. The summed E-state index contributed by atoms with van der Waals surface area (Å²) in [5.74, 6) is 0.462. The summed E-state index contributed by atoms with van der Waals surface area (Å²) in [6.07, 6.45) is 2.62. The highest BCUT2D eigenvalue weighted by atomic mass is 19.1. The molecule has 1 aliphatic rings. The minimum Gasteiger partial charge on any atom is -0.497 e. The summed E-state index contributed by atoms with van der Waals surface area (Å²) in [6.45, 7) is 2.37. The number of halogens is 1. The normalized spacial score (nSPS) is 13.9. The highest BCUT2D eigenvalue weighted by Crippen LogP contribution is 2.37. The Morgan fingerprint density at radius 3 is 2.53 bits per heavy atom. The highest BCUT2D eigenvalue weighted by molar-refractivity contribution is 5.98. The van der Waals surface area contributed by atoms with E-state index in [-0.39, 0.29) is 5.82 Å². The van der Waals surface area contributed by atoms with Crippen LogP contribution >= 0.6 is 0 Å². The van der Waals surface area contributed by atoms with Gasteiger partial charge in [-0.2, -0.15) is 5.10 Å². The number of benzene rings is 2. The predicted molar refractivity (Wildman–Crippen MR) is 127 cm³/mol. The zero-order chi connectivity index (χ0) is 23.7. The van der Waals surface area contributed by atoms with Gasteiger partial charge in [0.25, 0.3) is 0 Å². The van der Waals surface area contributed by atoms with Crippen molar-refractivity contribution < 1.29 is 19.0 Å². The van der Waals surface area contributed by atoms with E-state index in [4.69, 9.17) is 9.72 Å². The molecule has 5 rings (SSSR count). The molecular formula is C25H24FN5O3. The molecule has 4 aromatic rings. The Morgan fingerprint density at radius 2 is 1.85 bits per heavy atom. The molecule has 0 spiro atoms. The average molecular weight is 461 g/mol. The maximum Gasteiger partial charge on any atom is 0.407 e. The number of methoxy groups -OCH3 is 1. The van der Waals surface area contributed by atoms with Crippen molar-refractivity contribution in [3.8, 4) is 16.9 Å².